The standard InChI is InChI=1S/C14H12Cl2N2O4S/c15-11-6-5-9(7-12(11)16)8-23(21,22)18-17-14(20)10-3-1-2-4-13(10)19/h1-7,18-19H,8H2,(H,17,20). The lowest BCUT2D eigenvalue weighted by atomic mass is 10.2. The number of rotatable bonds is 5. The molecule has 0 spiro atoms. The number of nitrogens with one attached hydrogen (secondary N) is 2. The number of hydrazine groups is 1. The van der Waals surface area contributed by atoms with Gasteiger partial charge in [-0.2, -0.15) is 0 Å². The Morgan fingerprint density at radius 3 is 2.43 bits per heavy atom. The summed E-state index contributed by atoms with van der Waals surface area (Å²) >= 11 is 11.6. The van der Waals surface area contributed by atoms with Gasteiger partial charge in [0.15, 0.2) is 0 Å². The predicted octanol–water partition coefficient (Wildman–Crippen LogP) is 2.46. The molecule has 6 nitrogen and oxygen atoms in total. The average molecular weight is 375 g/mol. The number of amides is 1. The highest BCUT2D eigenvalue weighted by Gasteiger charge is 2.16. The van der Waals surface area contributed by atoms with E-state index in [-0.39, 0.29) is 16.3 Å². The van der Waals surface area contributed by atoms with Gasteiger partial charge in [-0.05, 0) is 29.8 Å². The van der Waals surface area contributed by atoms with Gasteiger partial charge in [0.25, 0.3) is 5.91 Å². The van der Waals surface area contributed by atoms with Gasteiger partial charge >= 0.3 is 0 Å². The first-order chi connectivity index (χ1) is 10.8. The fraction of sp³-hybridized carbons (Fsp3) is 0.0714. The number of carbonyl (C=O) groups excluding carboxylic acids is 1. The highest BCUT2D eigenvalue weighted by molar-refractivity contribution is 7.88. The molecule has 0 heterocycles. The van der Waals surface area contributed by atoms with Crippen molar-refractivity contribution in [1.82, 2.24) is 10.3 Å². The smallest absolute Gasteiger partial charge is 0.269 e. The Balaban J connectivity index is 2.03. The van der Waals surface area contributed by atoms with E-state index in [1.54, 1.807) is 12.1 Å². The molecule has 3 N–H and O–H groups in total. The number of aromatic hydroxyl groups is 1. The Bertz CT molecular complexity index is 840. The number of hydrogen-bond acceptors (Lipinski definition) is 4. The third-order valence-electron chi connectivity index (χ3n) is 2.81. The molecule has 0 radical (unpaired) electrons. The maximum Gasteiger partial charge on any atom is 0.269 e. The summed E-state index contributed by atoms with van der Waals surface area (Å²) in [4.78, 5) is 13.8. The highest BCUT2D eigenvalue weighted by Crippen LogP contribution is 2.23. The van der Waals surface area contributed by atoms with Gasteiger partial charge in [-0.3, -0.25) is 10.2 Å². The topological polar surface area (TPSA) is 95.5 Å². The molecule has 0 aromatic heterocycles. The summed E-state index contributed by atoms with van der Waals surface area (Å²) in [6, 6.07) is 10.2. The van der Waals surface area contributed by atoms with Gasteiger partial charge in [-0.1, -0.05) is 41.4 Å². The minimum Gasteiger partial charge on any atom is -0.507 e. The molecule has 2 aromatic carbocycles. The fourth-order valence-electron chi connectivity index (χ4n) is 1.74. The quantitative estimate of drug-likeness (QED) is 0.700. The van der Waals surface area contributed by atoms with Crippen LogP contribution in [0.15, 0.2) is 42.5 Å². The van der Waals surface area contributed by atoms with Crippen molar-refractivity contribution in [3.8, 4) is 5.75 Å². The van der Waals surface area contributed by atoms with Crippen LogP contribution in [-0.4, -0.2) is 19.4 Å². The van der Waals surface area contributed by atoms with E-state index in [9.17, 15) is 18.3 Å². The van der Waals surface area contributed by atoms with E-state index in [2.05, 4.69) is 0 Å². The van der Waals surface area contributed by atoms with Crippen LogP contribution in [0.2, 0.25) is 10.0 Å². The molecule has 0 saturated heterocycles. The van der Waals surface area contributed by atoms with Crippen LogP contribution in [-0.2, 0) is 15.8 Å². The van der Waals surface area contributed by atoms with Crippen molar-refractivity contribution in [3.05, 3.63) is 63.6 Å². The van der Waals surface area contributed by atoms with Crippen LogP contribution in [0.5, 0.6) is 5.75 Å². The monoisotopic (exact) mass is 374 g/mol. The first-order valence-corrected chi connectivity index (χ1v) is 8.71. The van der Waals surface area contributed by atoms with Crippen molar-refractivity contribution in [2.45, 2.75) is 5.75 Å². The summed E-state index contributed by atoms with van der Waals surface area (Å²) in [6.45, 7) is 0. The summed E-state index contributed by atoms with van der Waals surface area (Å²) in [5, 5.41) is 10.1. The van der Waals surface area contributed by atoms with Gasteiger partial charge in [0.05, 0.1) is 21.4 Å². The third kappa shape index (κ3) is 4.84. The van der Waals surface area contributed by atoms with Gasteiger partial charge < -0.3 is 5.11 Å². The predicted molar refractivity (Wildman–Crippen MR) is 87.8 cm³/mol. The van der Waals surface area contributed by atoms with Crippen LogP contribution in [0.4, 0.5) is 0 Å². The Morgan fingerprint density at radius 2 is 1.78 bits per heavy atom. The van der Waals surface area contributed by atoms with E-state index in [1.165, 1.54) is 30.3 Å². The molecule has 1 amide bonds. The largest absolute Gasteiger partial charge is 0.507 e. The molecule has 9 heteroatoms. The number of para-hydroxylation sites is 1. The van der Waals surface area contributed by atoms with Crippen LogP contribution in [0.25, 0.3) is 0 Å². The van der Waals surface area contributed by atoms with Gasteiger partial charge in [0, 0.05) is 0 Å². The zero-order valence-corrected chi connectivity index (χ0v) is 13.9. The lowest BCUT2D eigenvalue weighted by Crippen LogP contribution is -2.42. The number of carbonyl (C=O) groups is 1. The van der Waals surface area contributed by atoms with E-state index in [0.29, 0.717) is 10.6 Å². The minimum absolute atomic E-state index is 0.0512. The summed E-state index contributed by atoms with van der Waals surface area (Å²) in [5.74, 6) is -1.43. The van der Waals surface area contributed by atoms with Crippen molar-refractivity contribution in [3.63, 3.8) is 0 Å². The molecule has 0 atom stereocenters. The molecule has 0 fully saturated rings. The Labute approximate surface area is 143 Å². The van der Waals surface area contributed by atoms with Crippen molar-refractivity contribution < 1.29 is 18.3 Å². The van der Waals surface area contributed by atoms with Gasteiger partial charge in [-0.25, -0.2) is 8.42 Å². The molecule has 0 aliphatic carbocycles. The second-order valence-electron chi connectivity index (χ2n) is 4.58. The van der Waals surface area contributed by atoms with Gasteiger partial charge in [0.1, 0.15) is 5.75 Å². The van der Waals surface area contributed by atoms with E-state index in [1.807, 2.05) is 10.3 Å². The molecular weight excluding hydrogens is 363 g/mol. The van der Waals surface area contributed by atoms with Crippen LogP contribution in [0.3, 0.4) is 0 Å². The number of halogens is 2. The number of sulfonamides is 1. The number of hydrogen-bond donors (Lipinski definition) is 3. The molecule has 0 saturated carbocycles. The molecule has 122 valence electrons. The van der Waals surface area contributed by atoms with Crippen LogP contribution in [0.1, 0.15) is 15.9 Å². The van der Waals surface area contributed by atoms with Crippen LogP contribution in [0, 0.1) is 0 Å². The lowest BCUT2D eigenvalue weighted by Gasteiger charge is -2.09. The van der Waals surface area contributed by atoms with E-state index < -0.39 is 21.7 Å². The van der Waals surface area contributed by atoms with Gasteiger partial charge in [-0.15, -0.1) is 4.83 Å². The first-order valence-electron chi connectivity index (χ1n) is 6.30. The molecule has 23 heavy (non-hydrogen) atoms. The zero-order valence-electron chi connectivity index (χ0n) is 11.6. The Kier molecular flexibility index (Phi) is 5.48. The Hall–Kier alpha value is -1.80. The van der Waals surface area contributed by atoms with E-state index in [0.717, 1.165) is 0 Å². The number of phenols is 1. The zero-order chi connectivity index (χ0) is 17.0. The summed E-state index contributed by atoms with van der Waals surface area (Å²) in [5.41, 5.74) is 2.39. The third-order valence-corrected chi connectivity index (χ3v) is 4.67. The summed E-state index contributed by atoms with van der Waals surface area (Å²) in [7, 11) is -3.85. The minimum atomic E-state index is -3.85. The molecule has 2 aromatic rings. The van der Waals surface area contributed by atoms with Crippen molar-refractivity contribution >= 4 is 39.1 Å². The van der Waals surface area contributed by atoms with Crippen molar-refractivity contribution in [1.29, 1.82) is 0 Å². The van der Waals surface area contributed by atoms with Crippen molar-refractivity contribution in [2.24, 2.45) is 0 Å². The average Bonchev–Trinajstić information content (AvgIpc) is 2.49. The highest BCUT2D eigenvalue weighted by atomic mass is 35.5. The molecule has 0 bridgehead atoms. The summed E-state index contributed by atoms with van der Waals surface area (Å²) in [6.07, 6.45) is 0. The molecule has 0 aliphatic heterocycles. The second kappa shape index (κ2) is 7.18. The maximum atomic E-state index is 12.0. The SMILES string of the molecule is O=C(NNS(=O)(=O)Cc1ccc(Cl)c(Cl)c1)c1ccccc1O. The van der Waals surface area contributed by atoms with Crippen LogP contribution < -0.4 is 10.3 Å². The maximum absolute atomic E-state index is 12.0. The molecule has 2 rings (SSSR count). The molecule has 0 aliphatic rings. The van der Waals surface area contributed by atoms with Crippen LogP contribution >= 0.6 is 23.2 Å². The Morgan fingerprint density at radius 1 is 1.09 bits per heavy atom. The lowest BCUT2D eigenvalue weighted by molar-refractivity contribution is 0.0942. The van der Waals surface area contributed by atoms with E-state index in [4.69, 9.17) is 23.2 Å². The fourth-order valence-corrected chi connectivity index (χ4v) is 3.00. The molecule has 0 unspecified atom stereocenters. The van der Waals surface area contributed by atoms with Crippen molar-refractivity contribution in [2.75, 3.05) is 0 Å². The number of benzene rings is 2. The molecular formula is C14H12Cl2N2O4S. The second-order valence-corrected chi connectivity index (χ2v) is 7.12. The first kappa shape index (κ1) is 17.6. The summed E-state index contributed by atoms with van der Waals surface area (Å²) < 4.78 is 23.9. The number of phenolic OH excluding ortho intramolecular Hbond substituents is 1. The van der Waals surface area contributed by atoms with Gasteiger partial charge in [0.2, 0.25) is 10.0 Å². The normalized spacial score (nSPS) is 11.2. The van der Waals surface area contributed by atoms with E-state index >= 15 is 0 Å².